The van der Waals surface area contributed by atoms with Gasteiger partial charge in [-0.2, -0.15) is 0 Å². The van der Waals surface area contributed by atoms with Crippen LogP contribution in [-0.4, -0.2) is 17.3 Å². The third-order valence-electron chi connectivity index (χ3n) is 6.32. The van der Waals surface area contributed by atoms with E-state index in [-0.39, 0.29) is 5.41 Å². The lowest BCUT2D eigenvalue weighted by atomic mass is 9.58. The summed E-state index contributed by atoms with van der Waals surface area (Å²) in [5.41, 5.74) is 5.78. The Bertz CT molecular complexity index is 307. The molecule has 0 aromatic carbocycles. The van der Waals surface area contributed by atoms with Crippen LogP contribution in [0.5, 0.6) is 0 Å². The smallest absolute Gasteiger partial charge is 0.0718 e. The lowest BCUT2D eigenvalue weighted by molar-refractivity contribution is -0.130. The molecule has 2 atom stereocenters. The topological polar surface area (TPSA) is 46.2 Å². The highest BCUT2D eigenvalue weighted by Gasteiger charge is 2.50. The zero-order chi connectivity index (χ0) is 15.3. The Balaban J connectivity index is 2.12. The highest BCUT2D eigenvalue weighted by Crippen LogP contribution is 2.51. The van der Waals surface area contributed by atoms with Crippen molar-refractivity contribution in [3.05, 3.63) is 0 Å². The van der Waals surface area contributed by atoms with Crippen LogP contribution in [0.4, 0.5) is 0 Å². The van der Waals surface area contributed by atoms with E-state index >= 15 is 0 Å². The van der Waals surface area contributed by atoms with Gasteiger partial charge in [0.25, 0.3) is 0 Å². The first-order valence-electron chi connectivity index (χ1n) is 9.44. The fourth-order valence-corrected chi connectivity index (χ4v) is 5.16. The third kappa shape index (κ3) is 4.01. The first-order valence-corrected chi connectivity index (χ1v) is 9.44. The molecular weight excluding hydrogens is 258 g/mol. The summed E-state index contributed by atoms with van der Waals surface area (Å²) < 4.78 is 0. The molecule has 2 rings (SSSR count). The molecule has 3 N–H and O–H groups in total. The van der Waals surface area contributed by atoms with E-state index in [9.17, 15) is 5.11 Å². The van der Waals surface area contributed by atoms with Crippen molar-refractivity contribution in [1.29, 1.82) is 0 Å². The molecule has 2 fully saturated rings. The van der Waals surface area contributed by atoms with Gasteiger partial charge in [0.15, 0.2) is 0 Å². The third-order valence-corrected chi connectivity index (χ3v) is 6.32. The SMILES string of the molecule is CC(C)CC1CCCC(O)(C2(CN)CCCCCCC2)C1. The summed E-state index contributed by atoms with van der Waals surface area (Å²) >= 11 is 0. The highest BCUT2D eigenvalue weighted by molar-refractivity contribution is 5.02. The lowest BCUT2D eigenvalue weighted by Gasteiger charge is -2.52. The van der Waals surface area contributed by atoms with Crippen molar-refractivity contribution in [2.75, 3.05) is 6.54 Å². The summed E-state index contributed by atoms with van der Waals surface area (Å²) in [5.74, 6) is 1.45. The molecule has 0 radical (unpaired) electrons. The lowest BCUT2D eigenvalue weighted by Crippen LogP contribution is -2.55. The van der Waals surface area contributed by atoms with E-state index in [0.717, 1.165) is 31.6 Å². The Hall–Kier alpha value is -0.0800. The zero-order valence-corrected chi connectivity index (χ0v) is 14.4. The van der Waals surface area contributed by atoms with Gasteiger partial charge in [-0.15, -0.1) is 0 Å². The normalized spacial score (nSPS) is 34.4. The zero-order valence-electron chi connectivity index (χ0n) is 14.4. The Morgan fingerprint density at radius 3 is 2.19 bits per heavy atom. The Morgan fingerprint density at radius 1 is 1.00 bits per heavy atom. The molecule has 21 heavy (non-hydrogen) atoms. The summed E-state index contributed by atoms with van der Waals surface area (Å²) in [7, 11) is 0. The molecule has 2 nitrogen and oxygen atoms in total. The second-order valence-electron chi connectivity index (χ2n) is 8.38. The summed E-state index contributed by atoms with van der Waals surface area (Å²) in [6.07, 6.45) is 14.6. The minimum absolute atomic E-state index is 0.00305. The van der Waals surface area contributed by atoms with E-state index in [4.69, 9.17) is 5.73 Å². The van der Waals surface area contributed by atoms with Gasteiger partial charge in [-0.1, -0.05) is 58.8 Å². The predicted molar refractivity (Wildman–Crippen MR) is 90.2 cm³/mol. The summed E-state index contributed by atoms with van der Waals surface area (Å²) in [4.78, 5) is 0. The molecule has 0 saturated heterocycles. The van der Waals surface area contributed by atoms with Crippen LogP contribution in [0.2, 0.25) is 0 Å². The minimum atomic E-state index is -0.489. The molecular formula is C19H37NO. The van der Waals surface area contributed by atoms with Crippen molar-refractivity contribution >= 4 is 0 Å². The molecule has 2 aliphatic rings. The number of hydrogen-bond acceptors (Lipinski definition) is 2. The van der Waals surface area contributed by atoms with Gasteiger partial charge in [0, 0.05) is 12.0 Å². The van der Waals surface area contributed by atoms with Gasteiger partial charge in [0.2, 0.25) is 0 Å². The average molecular weight is 296 g/mol. The first kappa shape index (κ1) is 17.3. The van der Waals surface area contributed by atoms with Crippen LogP contribution >= 0.6 is 0 Å². The van der Waals surface area contributed by atoms with E-state index in [2.05, 4.69) is 13.8 Å². The van der Waals surface area contributed by atoms with E-state index in [1.807, 2.05) is 0 Å². The van der Waals surface area contributed by atoms with Crippen molar-refractivity contribution in [2.45, 2.75) is 96.5 Å². The average Bonchev–Trinajstić information content (AvgIpc) is 2.38. The van der Waals surface area contributed by atoms with Crippen LogP contribution in [0.25, 0.3) is 0 Å². The van der Waals surface area contributed by atoms with Crippen molar-refractivity contribution in [1.82, 2.24) is 0 Å². The van der Waals surface area contributed by atoms with Crippen LogP contribution in [0.3, 0.4) is 0 Å². The molecule has 0 aliphatic heterocycles. The van der Waals surface area contributed by atoms with E-state index < -0.39 is 5.60 Å². The summed E-state index contributed by atoms with van der Waals surface area (Å²) in [6.45, 7) is 5.29. The monoisotopic (exact) mass is 295 g/mol. The Kier molecular flexibility index (Phi) is 6.14. The molecule has 2 unspecified atom stereocenters. The number of aliphatic hydroxyl groups is 1. The first-order chi connectivity index (χ1) is 10.0. The molecule has 0 spiro atoms. The molecule has 2 aliphatic carbocycles. The molecule has 0 heterocycles. The van der Waals surface area contributed by atoms with Crippen LogP contribution < -0.4 is 5.73 Å². The van der Waals surface area contributed by atoms with Gasteiger partial charge in [-0.3, -0.25) is 0 Å². The minimum Gasteiger partial charge on any atom is -0.389 e. The largest absolute Gasteiger partial charge is 0.389 e. The highest BCUT2D eigenvalue weighted by atomic mass is 16.3. The number of nitrogens with two attached hydrogens (primary N) is 1. The molecule has 124 valence electrons. The van der Waals surface area contributed by atoms with Crippen LogP contribution in [0, 0.1) is 17.3 Å². The van der Waals surface area contributed by atoms with Gasteiger partial charge in [-0.05, 0) is 43.9 Å². The number of rotatable bonds is 4. The van der Waals surface area contributed by atoms with Gasteiger partial charge >= 0.3 is 0 Å². The van der Waals surface area contributed by atoms with Gasteiger partial charge in [0.1, 0.15) is 0 Å². The van der Waals surface area contributed by atoms with Gasteiger partial charge in [-0.25, -0.2) is 0 Å². The maximum absolute atomic E-state index is 11.6. The van der Waals surface area contributed by atoms with Crippen molar-refractivity contribution in [3.63, 3.8) is 0 Å². The Labute approximate surface area is 131 Å². The molecule has 2 heteroatoms. The Morgan fingerprint density at radius 2 is 1.62 bits per heavy atom. The maximum Gasteiger partial charge on any atom is 0.0718 e. The molecule has 2 saturated carbocycles. The number of hydrogen-bond donors (Lipinski definition) is 2. The van der Waals surface area contributed by atoms with Crippen LogP contribution in [0.1, 0.15) is 90.9 Å². The fraction of sp³-hybridized carbons (Fsp3) is 1.00. The molecule has 0 aromatic heterocycles. The van der Waals surface area contributed by atoms with Gasteiger partial charge < -0.3 is 10.8 Å². The second-order valence-corrected chi connectivity index (χ2v) is 8.38. The van der Waals surface area contributed by atoms with Crippen molar-refractivity contribution < 1.29 is 5.11 Å². The summed E-state index contributed by atoms with van der Waals surface area (Å²) in [5, 5.41) is 11.6. The standard InChI is InChI=1S/C19H37NO/c1-16(2)13-17-9-8-12-19(21,14-17)18(15-20)10-6-4-3-5-7-11-18/h16-17,21H,3-15,20H2,1-2H3. The quantitative estimate of drug-likeness (QED) is 0.793. The van der Waals surface area contributed by atoms with E-state index in [0.29, 0.717) is 12.5 Å². The summed E-state index contributed by atoms with van der Waals surface area (Å²) in [6, 6.07) is 0. The van der Waals surface area contributed by atoms with Crippen molar-refractivity contribution in [2.24, 2.45) is 23.0 Å². The second kappa shape index (κ2) is 7.46. The van der Waals surface area contributed by atoms with Crippen molar-refractivity contribution in [3.8, 4) is 0 Å². The fourth-order valence-electron chi connectivity index (χ4n) is 5.16. The maximum atomic E-state index is 11.6. The van der Waals surface area contributed by atoms with E-state index in [1.54, 1.807) is 0 Å². The van der Waals surface area contributed by atoms with Crippen LogP contribution in [-0.2, 0) is 0 Å². The van der Waals surface area contributed by atoms with Gasteiger partial charge in [0.05, 0.1) is 5.60 Å². The molecule has 0 amide bonds. The van der Waals surface area contributed by atoms with Crippen LogP contribution in [0.15, 0.2) is 0 Å². The van der Waals surface area contributed by atoms with E-state index in [1.165, 1.54) is 51.4 Å². The molecule has 0 bridgehead atoms. The predicted octanol–water partition coefficient (Wildman–Crippen LogP) is 4.64. The molecule has 0 aromatic rings.